The van der Waals surface area contributed by atoms with Gasteiger partial charge in [-0.05, 0) is 40.5 Å². The Kier molecular flexibility index (Phi) is 5.37. The van der Waals surface area contributed by atoms with Crippen LogP contribution in [0.4, 0.5) is 5.82 Å². The van der Waals surface area contributed by atoms with Gasteiger partial charge in [-0.15, -0.1) is 11.8 Å². The molecule has 1 atom stereocenters. The SMILES string of the molecule is Cc1cc(NC(=O)[C@H](Sc2ccccc2Br)c2ccccc2)no1. The number of anilines is 1. The van der Waals surface area contributed by atoms with Crippen molar-refractivity contribution >= 4 is 39.4 Å². The topological polar surface area (TPSA) is 55.1 Å². The lowest BCUT2D eigenvalue weighted by Gasteiger charge is -2.16. The van der Waals surface area contributed by atoms with Gasteiger partial charge in [-0.2, -0.15) is 0 Å². The van der Waals surface area contributed by atoms with Gasteiger partial charge >= 0.3 is 0 Å². The van der Waals surface area contributed by atoms with E-state index < -0.39 is 5.25 Å². The number of aryl methyl sites for hydroxylation is 1. The monoisotopic (exact) mass is 402 g/mol. The summed E-state index contributed by atoms with van der Waals surface area (Å²) in [6.45, 7) is 1.78. The highest BCUT2D eigenvalue weighted by atomic mass is 79.9. The molecule has 1 amide bonds. The number of hydrogen-bond acceptors (Lipinski definition) is 4. The Balaban J connectivity index is 1.87. The molecule has 1 N–H and O–H groups in total. The van der Waals surface area contributed by atoms with Crippen LogP contribution >= 0.6 is 27.7 Å². The molecule has 0 spiro atoms. The number of nitrogens with one attached hydrogen (secondary N) is 1. The van der Waals surface area contributed by atoms with E-state index in [0.717, 1.165) is 14.9 Å². The fourth-order valence-corrected chi connectivity index (χ4v) is 3.80. The van der Waals surface area contributed by atoms with E-state index >= 15 is 0 Å². The van der Waals surface area contributed by atoms with Gasteiger partial charge in [0.05, 0.1) is 0 Å². The second-order valence-corrected chi connectivity index (χ2v) is 7.15. The summed E-state index contributed by atoms with van der Waals surface area (Å²) in [5.41, 5.74) is 0.927. The zero-order chi connectivity index (χ0) is 16.9. The molecule has 0 aliphatic carbocycles. The zero-order valence-corrected chi connectivity index (χ0v) is 15.3. The fraction of sp³-hybridized carbons (Fsp3) is 0.111. The molecular weight excluding hydrogens is 388 g/mol. The average molecular weight is 403 g/mol. The van der Waals surface area contributed by atoms with E-state index in [9.17, 15) is 4.79 Å². The molecule has 0 unspecified atom stereocenters. The molecule has 2 aromatic carbocycles. The maximum Gasteiger partial charge on any atom is 0.243 e. The van der Waals surface area contributed by atoms with E-state index in [0.29, 0.717) is 11.6 Å². The van der Waals surface area contributed by atoms with E-state index in [1.54, 1.807) is 13.0 Å². The lowest BCUT2D eigenvalue weighted by atomic mass is 10.1. The predicted molar refractivity (Wildman–Crippen MR) is 99.1 cm³/mol. The van der Waals surface area contributed by atoms with Crippen molar-refractivity contribution in [3.05, 3.63) is 76.5 Å². The summed E-state index contributed by atoms with van der Waals surface area (Å²) in [4.78, 5) is 13.8. The Hall–Kier alpha value is -2.05. The third-order valence-corrected chi connectivity index (χ3v) is 5.59. The van der Waals surface area contributed by atoms with E-state index in [1.165, 1.54) is 11.8 Å². The van der Waals surface area contributed by atoms with Crippen molar-refractivity contribution in [1.82, 2.24) is 5.16 Å². The number of aromatic nitrogens is 1. The first-order valence-corrected chi connectivity index (χ1v) is 9.01. The van der Waals surface area contributed by atoms with E-state index in [1.807, 2.05) is 54.6 Å². The lowest BCUT2D eigenvalue weighted by molar-refractivity contribution is -0.115. The minimum Gasteiger partial charge on any atom is -0.360 e. The van der Waals surface area contributed by atoms with Crippen LogP contribution in [-0.2, 0) is 4.79 Å². The number of rotatable bonds is 5. The third-order valence-electron chi connectivity index (χ3n) is 3.30. The van der Waals surface area contributed by atoms with Gasteiger partial charge in [0.2, 0.25) is 5.91 Å². The van der Waals surface area contributed by atoms with E-state index in [2.05, 4.69) is 26.4 Å². The molecular formula is C18H15BrN2O2S. The summed E-state index contributed by atoms with van der Waals surface area (Å²) in [5.74, 6) is 0.932. The lowest BCUT2D eigenvalue weighted by Crippen LogP contribution is -2.19. The number of nitrogens with zero attached hydrogens (tertiary/aromatic N) is 1. The summed E-state index contributed by atoms with van der Waals surface area (Å²) in [6.07, 6.45) is 0. The summed E-state index contributed by atoms with van der Waals surface area (Å²) in [6, 6.07) is 19.2. The molecule has 0 radical (unpaired) electrons. The van der Waals surface area contributed by atoms with Crippen molar-refractivity contribution in [3.63, 3.8) is 0 Å². The van der Waals surface area contributed by atoms with Crippen molar-refractivity contribution in [2.75, 3.05) is 5.32 Å². The van der Waals surface area contributed by atoms with Crippen molar-refractivity contribution in [3.8, 4) is 0 Å². The number of benzene rings is 2. The molecule has 0 aliphatic rings. The molecule has 122 valence electrons. The molecule has 0 bridgehead atoms. The van der Waals surface area contributed by atoms with Gasteiger partial charge in [-0.1, -0.05) is 47.6 Å². The first-order chi connectivity index (χ1) is 11.6. The molecule has 1 heterocycles. The number of amides is 1. The molecule has 0 saturated carbocycles. The fourth-order valence-electron chi connectivity index (χ4n) is 2.19. The molecule has 4 nitrogen and oxygen atoms in total. The Labute approximate surface area is 152 Å². The number of carbonyl (C=O) groups is 1. The number of carbonyl (C=O) groups excluding carboxylic acids is 1. The summed E-state index contributed by atoms with van der Waals surface area (Å²) in [7, 11) is 0. The smallest absolute Gasteiger partial charge is 0.243 e. The standard InChI is InChI=1S/C18H15BrN2O2S/c1-12-11-16(21-23-12)20-18(22)17(13-7-3-2-4-8-13)24-15-10-6-5-9-14(15)19/h2-11,17H,1H3,(H,20,21,22)/t17-/m1/s1. The normalized spacial score (nSPS) is 11.9. The molecule has 0 aliphatic heterocycles. The first kappa shape index (κ1) is 16.8. The van der Waals surface area contributed by atoms with Crippen molar-refractivity contribution in [2.45, 2.75) is 17.1 Å². The molecule has 3 aromatic rings. The summed E-state index contributed by atoms with van der Waals surface area (Å²) >= 11 is 5.02. The van der Waals surface area contributed by atoms with Crippen LogP contribution in [0.5, 0.6) is 0 Å². The van der Waals surface area contributed by atoms with Gasteiger partial charge in [0.15, 0.2) is 5.82 Å². The minimum atomic E-state index is -0.401. The third kappa shape index (κ3) is 4.07. The molecule has 3 rings (SSSR count). The molecule has 6 heteroatoms. The number of hydrogen-bond donors (Lipinski definition) is 1. The quantitative estimate of drug-likeness (QED) is 0.594. The molecule has 24 heavy (non-hydrogen) atoms. The van der Waals surface area contributed by atoms with Gasteiger partial charge in [0.25, 0.3) is 0 Å². The Bertz CT molecular complexity index is 836. The summed E-state index contributed by atoms with van der Waals surface area (Å²) < 4.78 is 5.97. The van der Waals surface area contributed by atoms with Gasteiger partial charge in [-0.3, -0.25) is 4.79 Å². The highest BCUT2D eigenvalue weighted by molar-refractivity contribution is 9.10. The average Bonchev–Trinajstić information content (AvgIpc) is 2.99. The molecule has 0 fully saturated rings. The molecule has 1 aromatic heterocycles. The van der Waals surface area contributed by atoms with Crippen LogP contribution in [0.3, 0.4) is 0 Å². The number of thioether (sulfide) groups is 1. The van der Waals surface area contributed by atoms with Gasteiger partial charge in [0, 0.05) is 15.4 Å². The maximum absolute atomic E-state index is 12.8. The van der Waals surface area contributed by atoms with Gasteiger partial charge < -0.3 is 9.84 Å². The van der Waals surface area contributed by atoms with E-state index in [4.69, 9.17) is 4.52 Å². The largest absolute Gasteiger partial charge is 0.360 e. The van der Waals surface area contributed by atoms with Crippen LogP contribution < -0.4 is 5.32 Å². The van der Waals surface area contributed by atoms with Crippen LogP contribution in [0, 0.1) is 6.92 Å². The van der Waals surface area contributed by atoms with Gasteiger partial charge in [0.1, 0.15) is 11.0 Å². The summed E-state index contributed by atoms with van der Waals surface area (Å²) in [5, 5.41) is 6.25. The second-order valence-electron chi connectivity index (χ2n) is 5.15. The van der Waals surface area contributed by atoms with Gasteiger partial charge in [-0.25, -0.2) is 0 Å². The first-order valence-electron chi connectivity index (χ1n) is 7.34. The van der Waals surface area contributed by atoms with Crippen LogP contribution in [0.25, 0.3) is 0 Å². The second kappa shape index (κ2) is 7.68. The number of halogens is 1. The van der Waals surface area contributed by atoms with Crippen molar-refractivity contribution < 1.29 is 9.32 Å². The predicted octanol–water partition coefficient (Wildman–Crippen LogP) is 5.22. The minimum absolute atomic E-state index is 0.143. The van der Waals surface area contributed by atoms with Crippen LogP contribution in [0.15, 0.2) is 74.6 Å². The Morgan fingerprint density at radius 3 is 2.54 bits per heavy atom. The molecule has 0 saturated heterocycles. The Morgan fingerprint density at radius 2 is 1.88 bits per heavy atom. The van der Waals surface area contributed by atoms with Crippen LogP contribution in [-0.4, -0.2) is 11.1 Å². The van der Waals surface area contributed by atoms with Crippen molar-refractivity contribution in [2.24, 2.45) is 0 Å². The zero-order valence-electron chi connectivity index (χ0n) is 12.9. The Morgan fingerprint density at radius 1 is 1.17 bits per heavy atom. The van der Waals surface area contributed by atoms with Crippen molar-refractivity contribution in [1.29, 1.82) is 0 Å². The highest BCUT2D eigenvalue weighted by Crippen LogP contribution is 2.39. The van der Waals surface area contributed by atoms with Crippen LogP contribution in [0.2, 0.25) is 0 Å². The van der Waals surface area contributed by atoms with Crippen LogP contribution in [0.1, 0.15) is 16.6 Å². The maximum atomic E-state index is 12.8. The highest BCUT2D eigenvalue weighted by Gasteiger charge is 2.23. The van der Waals surface area contributed by atoms with E-state index in [-0.39, 0.29) is 5.91 Å².